The van der Waals surface area contributed by atoms with Crippen molar-refractivity contribution in [1.82, 2.24) is 19.9 Å². The number of hydrogen-bond donors (Lipinski definition) is 2. The average Bonchev–Trinajstić information content (AvgIpc) is 3.46. The molecule has 3 aromatic heterocycles. The average molecular weight is 361 g/mol. The molecule has 0 fully saturated rings. The van der Waals surface area contributed by atoms with E-state index in [0.29, 0.717) is 0 Å². The van der Waals surface area contributed by atoms with E-state index in [9.17, 15) is 0 Å². The van der Waals surface area contributed by atoms with Crippen LogP contribution in [0.25, 0.3) is 52.4 Å². The number of aromatic amines is 2. The predicted molar refractivity (Wildman–Crippen MR) is 114 cm³/mol. The third-order valence-corrected chi connectivity index (χ3v) is 4.59. The van der Waals surface area contributed by atoms with E-state index < -0.39 is 0 Å². The summed E-state index contributed by atoms with van der Waals surface area (Å²) in [6.07, 6.45) is 11.2. The van der Waals surface area contributed by atoms with Crippen LogP contribution in [0, 0.1) is 11.3 Å². The number of rotatable bonds is 1. The first kappa shape index (κ1) is 16.0. The molecule has 28 heavy (non-hydrogen) atoms. The number of H-pyrrole nitrogens is 2. The molecule has 0 saturated carbocycles. The molecule has 132 valence electrons. The molecule has 0 amide bonds. The molecular weight excluding hydrogens is 346 g/mol. The van der Waals surface area contributed by atoms with Crippen molar-refractivity contribution in [2.75, 3.05) is 0 Å². The highest BCUT2D eigenvalue weighted by molar-refractivity contribution is 5.84. The van der Waals surface area contributed by atoms with E-state index in [4.69, 9.17) is 10.2 Å². The monoisotopic (exact) mass is 361 g/mol. The van der Waals surface area contributed by atoms with Crippen molar-refractivity contribution in [3.05, 3.63) is 76.9 Å². The lowest BCUT2D eigenvalue weighted by Gasteiger charge is -1.94. The van der Waals surface area contributed by atoms with Crippen molar-refractivity contribution >= 4 is 52.4 Å². The smallest absolute Gasteiger partial charge is 0.0912 e. The fourth-order valence-electron chi connectivity index (χ4n) is 3.33. The van der Waals surface area contributed by atoms with Crippen molar-refractivity contribution in [2.24, 2.45) is 0 Å². The molecule has 3 aromatic rings. The van der Waals surface area contributed by atoms with Crippen molar-refractivity contribution in [3.8, 4) is 6.07 Å². The molecule has 5 heteroatoms. The third-order valence-electron chi connectivity index (χ3n) is 4.59. The topological polar surface area (TPSA) is 81.2 Å². The van der Waals surface area contributed by atoms with Crippen molar-refractivity contribution in [2.45, 2.75) is 0 Å². The van der Waals surface area contributed by atoms with Gasteiger partial charge in [0.1, 0.15) is 0 Å². The predicted octanol–water partition coefficient (Wildman–Crippen LogP) is 5.19. The number of aromatic nitrogens is 4. The first-order valence-electron chi connectivity index (χ1n) is 8.90. The summed E-state index contributed by atoms with van der Waals surface area (Å²) in [6.45, 7) is 0. The van der Waals surface area contributed by atoms with Crippen LogP contribution in [0.3, 0.4) is 0 Å². The summed E-state index contributed by atoms with van der Waals surface area (Å²) in [5.74, 6) is 0. The fourth-order valence-corrected chi connectivity index (χ4v) is 3.33. The fraction of sp³-hybridized carbons (Fsp3) is 0. The summed E-state index contributed by atoms with van der Waals surface area (Å²) >= 11 is 0. The van der Waals surface area contributed by atoms with Gasteiger partial charge in [-0.05, 0) is 72.8 Å². The van der Waals surface area contributed by atoms with Gasteiger partial charge in [0.15, 0.2) is 0 Å². The Balaban J connectivity index is 1.88. The van der Waals surface area contributed by atoms with Gasteiger partial charge in [0.05, 0.1) is 28.8 Å². The molecule has 0 aliphatic carbocycles. The minimum absolute atomic E-state index is 0.810. The van der Waals surface area contributed by atoms with Crippen LogP contribution in [0.15, 0.2) is 48.5 Å². The number of fused-ring (bicyclic) bond motifs is 8. The molecule has 5 nitrogen and oxygen atoms in total. The second-order valence-electron chi connectivity index (χ2n) is 6.56. The first-order chi connectivity index (χ1) is 13.8. The second-order valence-corrected chi connectivity index (χ2v) is 6.56. The summed E-state index contributed by atoms with van der Waals surface area (Å²) in [6, 6.07) is 16.1. The number of nitrogens with one attached hydrogen (secondary N) is 2. The van der Waals surface area contributed by atoms with Crippen LogP contribution in [0.4, 0.5) is 0 Å². The molecule has 0 atom stereocenters. The lowest BCUT2D eigenvalue weighted by molar-refractivity contribution is 1.30. The molecule has 8 bridgehead atoms. The van der Waals surface area contributed by atoms with Crippen molar-refractivity contribution in [3.63, 3.8) is 0 Å². The lowest BCUT2D eigenvalue weighted by Crippen LogP contribution is -1.82. The van der Waals surface area contributed by atoms with Crippen LogP contribution in [0.1, 0.15) is 28.3 Å². The van der Waals surface area contributed by atoms with Gasteiger partial charge < -0.3 is 9.97 Å². The summed E-state index contributed by atoms with van der Waals surface area (Å²) in [5.41, 5.74) is 8.11. The van der Waals surface area contributed by atoms with Gasteiger partial charge in [-0.1, -0.05) is 0 Å². The lowest BCUT2D eigenvalue weighted by atomic mass is 10.2. The summed E-state index contributed by atoms with van der Waals surface area (Å²) < 4.78 is 0. The van der Waals surface area contributed by atoms with E-state index in [2.05, 4.69) is 21.0 Å². The maximum Gasteiger partial charge on any atom is 0.0912 e. The highest BCUT2D eigenvalue weighted by Crippen LogP contribution is 2.22. The molecule has 0 aromatic carbocycles. The third kappa shape index (κ3) is 3.04. The Morgan fingerprint density at radius 3 is 2.07 bits per heavy atom. The maximum atomic E-state index is 8.98. The maximum absolute atomic E-state index is 8.98. The van der Waals surface area contributed by atoms with E-state index in [1.807, 2.05) is 66.8 Å². The minimum Gasteiger partial charge on any atom is -0.355 e. The number of hydrogen-bond acceptors (Lipinski definition) is 3. The normalized spacial score (nSPS) is 12.5. The zero-order valence-corrected chi connectivity index (χ0v) is 14.8. The Labute approximate surface area is 161 Å². The van der Waals surface area contributed by atoms with Gasteiger partial charge in [-0.25, -0.2) is 9.97 Å². The Bertz CT molecular complexity index is 1370. The number of nitrogens with zero attached hydrogens (tertiary/aromatic N) is 3. The van der Waals surface area contributed by atoms with Crippen LogP contribution in [0.2, 0.25) is 0 Å². The summed E-state index contributed by atoms with van der Waals surface area (Å²) in [4.78, 5) is 16.1. The number of allylic oxidation sites excluding steroid dienone is 1. The van der Waals surface area contributed by atoms with Crippen LogP contribution >= 0.6 is 0 Å². The van der Waals surface area contributed by atoms with E-state index in [1.54, 1.807) is 6.08 Å². The SMILES string of the molecule is N#CC=Cc1c2nc(cc3ccc(cc4nc(cc5ccc1[nH]5)C=C4)[nH]3)C=C2. The van der Waals surface area contributed by atoms with Crippen LogP contribution in [-0.4, -0.2) is 19.9 Å². The molecule has 5 heterocycles. The molecule has 2 aliphatic heterocycles. The molecule has 5 rings (SSSR count). The molecule has 0 spiro atoms. The Kier molecular flexibility index (Phi) is 3.74. The zero-order valence-electron chi connectivity index (χ0n) is 14.8. The second kappa shape index (κ2) is 6.53. The van der Waals surface area contributed by atoms with E-state index >= 15 is 0 Å². The van der Waals surface area contributed by atoms with E-state index in [0.717, 1.165) is 50.4 Å². The number of nitriles is 1. The van der Waals surface area contributed by atoms with Gasteiger partial charge in [-0.15, -0.1) is 0 Å². The quantitative estimate of drug-likeness (QED) is 0.403. The largest absolute Gasteiger partial charge is 0.355 e. The Morgan fingerprint density at radius 1 is 0.750 bits per heavy atom. The van der Waals surface area contributed by atoms with Gasteiger partial charge in [0.2, 0.25) is 0 Å². The zero-order chi connectivity index (χ0) is 18.9. The van der Waals surface area contributed by atoms with Crippen molar-refractivity contribution in [1.29, 1.82) is 5.26 Å². The van der Waals surface area contributed by atoms with Crippen molar-refractivity contribution < 1.29 is 0 Å². The van der Waals surface area contributed by atoms with E-state index in [-0.39, 0.29) is 0 Å². The van der Waals surface area contributed by atoms with Crippen LogP contribution < -0.4 is 0 Å². The minimum atomic E-state index is 0.810. The first-order valence-corrected chi connectivity index (χ1v) is 8.90. The van der Waals surface area contributed by atoms with Crippen LogP contribution in [-0.2, 0) is 0 Å². The van der Waals surface area contributed by atoms with Gasteiger partial charge in [0.25, 0.3) is 0 Å². The molecule has 0 radical (unpaired) electrons. The highest BCUT2D eigenvalue weighted by atomic mass is 14.8. The van der Waals surface area contributed by atoms with Gasteiger partial charge >= 0.3 is 0 Å². The molecule has 0 unspecified atom stereocenters. The summed E-state index contributed by atoms with van der Waals surface area (Å²) in [7, 11) is 0. The Morgan fingerprint density at radius 2 is 1.36 bits per heavy atom. The van der Waals surface area contributed by atoms with Gasteiger partial charge in [-0.3, -0.25) is 0 Å². The van der Waals surface area contributed by atoms with E-state index in [1.165, 1.54) is 6.08 Å². The molecule has 0 saturated heterocycles. The van der Waals surface area contributed by atoms with Gasteiger partial charge in [-0.2, -0.15) is 5.26 Å². The molecule has 2 N–H and O–H groups in total. The molecule has 2 aliphatic rings. The Hall–Kier alpha value is -4.17. The van der Waals surface area contributed by atoms with Crippen LogP contribution in [0.5, 0.6) is 0 Å². The summed E-state index contributed by atoms with van der Waals surface area (Å²) in [5, 5.41) is 8.98. The van der Waals surface area contributed by atoms with Gasteiger partial charge in [0, 0.05) is 33.7 Å². The standard InChI is InChI=1S/C23H15N5/c24-11-1-2-21-22-9-7-19(27-22)13-17-5-3-15(25-17)12-16-4-6-18(26-16)14-20-8-10-23(21)28-20/h1-10,12-14,25,28H. The molecular formula is C23H15N5. The highest BCUT2D eigenvalue weighted by Gasteiger charge is 2.06.